The monoisotopic (exact) mass is 827 g/mol. The molecule has 0 radical (unpaired) electrons. The molecule has 0 spiro atoms. The van der Waals surface area contributed by atoms with Crippen molar-refractivity contribution in [3.05, 3.63) is 0 Å². The minimum absolute atomic E-state index is 0.219. The molecule has 0 atom stereocenters. The summed E-state index contributed by atoms with van der Waals surface area (Å²) in [6.45, 7) is 7.30. The number of ether oxygens (including phenoxy) is 6. The van der Waals surface area contributed by atoms with Gasteiger partial charge in [-0.05, 0) is 25.7 Å². The third-order valence-electron chi connectivity index (χ3n) is 9.47. The zero-order valence-corrected chi connectivity index (χ0v) is 36.6. The molecule has 0 aromatic heterocycles. The minimum atomic E-state index is -1.03. The molecule has 336 valence electrons. The van der Waals surface area contributed by atoms with E-state index in [1.807, 2.05) is 0 Å². The van der Waals surface area contributed by atoms with Crippen LogP contribution in [-0.4, -0.2) is 80.2 Å². The molecule has 58 heavy (non-hydrogen) atoms. The summed E-state index contributed by atoms with van der Waals surface area (Å²) in [7, 11) is 0. The Bertz CT molecular complexity index is 978. The third kappa shape index (κ3) is 35.6. The van der Waals surface area contributed by atoms with Crippen LogP contribution in [0.5, 0.6) is 0 Å². The van der Waals surface area contributed by atoms with Crippen LogP contribution >= 0.6 is 0 Å². The summed E-state index contributed by atoms with van der Waals surface area (Å²) in [5.74, 6) is -3.62. The van der Waals surface area contributed by atoms with Gasteiger partial charge in [0.1, 0.15) is 32.2 Å². The first-order chi connectivity index (χ1) is 28.0. The fourth-order valence-corrected chi connectivity index (χ4v) is 5.85. The van der Waals surface area contributed by atoms with Gasteiger partial charge in [-0.1, -0.05) is 130 Å². The van der Waals surface area contributed by atoms with Gasteiger partial charge in [0.05, 0.1) is 12.8 Å². The van der Waals surface area contributed by atoms with Crippen LogP contribution in [-0.2, 0) is 62.0 Å². The molecule has 0 aliphatic carbocycles. The maximum absolute atomic E-state index is 12.7. The number of rotatable bonds is 40. The summed E-state index contributed by atoms with van der Waals surface area (Å²) in [6, 6.07) is 0. The Kier molecular flexibility index (Phi) is 36.6. The molecule has 0 amide bonds. The van der Waals surface area contributed by atoms with E-state index in [9.17, 15) is 33.6 Å². The summed E-state index contributed by atoms with van der Waals surface area (Å²) in [5, 5.41) is 0. The van der Waals surface area contributed by atoms with Crippen molar-refractivity contribution in [3.63, 3.8) is 0 Å². The lowest BCUT2D eigenvalue weighted by Crippen LogP contribution is -2.31. The van der Waals surface area contributed by atoms with Gasteiger partial charge in [0.15, 0.2) is 12.2 Å². The standard InChI is InChI=1S/C45H78O13/c1-5-9-13-17-21-25-40(47)53-33-38(34-54-41(48)26-22-18-14-10-6-2)57-44(51)31-29-37(46)30-32-45(52)58-39(35-55-42(49)27-23-19-15-11-7-3)36-56-43(50)28-24-20-16-12-8-4/h38-39H,5-36H2,1-4H3. The molecule has 0 aliphatic heterocycles. The summed E-state index contributed by atoms with van der Waals surface area (Å²) < 4.78 is 32.2. The maximum atomic E-state index is 12.7. The average molecular weight is 827 g/mol. The molecule has 0 unspecified atom stereocenters. The van der Waals surface area contributed by atoms with Crippen molar-refractivity contribution in [3.8, 4) is 0 Å². The number of carbonyl (C=O) groups is 7. The molecule has 0 rings (SSSR count). The number of carbonyl (C=O) groups excluding carboxylic acids is 7. The lowest BCUT2D eigenvalue weighted by atomic mass is 10.1. The number of hydrogen-bond donors (Lipinski definition) is 0. The SMILES string of the molecule is CCCCCCCC(=O)OCC(COC(=O)CCCCCCC)OC(=O)CCC(=O)CCC(=O)OC(COC(=O)CCCCCCC)COC(=O)CCCCCCC. The van der Waals surface area contributed by atoms with Crippen molar-refractivity contribution in [2.24, 2.45) is 0 Å². The highest BCUT2D eigenvalue weighted by molar-refractivity contribution is 5.85. The van der Waals surface area contributed by atoms with Crippen molar-refractivity contribution in [2.45, 2.75) is 220 Å². The normalized spacial score (nSPS) is 11.0. The van der Waals surface area contributed by atoms with Crippen LogP contribution in [0, 0.1) is 0 Å². The van der Waals surface area contributed by atoms with E-state index in [2.05, 4.69) is 27.7 Å². The van der Waals surface area contributed by atoms with E-state index in [0.29, 0.717) is 25.7 Å². The van der Waals surface area contributed by atoms with E-state index in [4.69, 9.17) is 28.4 Å². The first-order valence-corrected chi connectivity index (χ1v) is 22.6. The van der Waals surface area contributed by atoms with Crippen LogP contribution in [0.15, 0.2) is 0 Å². The number of unbranched alkanes of at least 4 members (excludes halogenated alkanes) is 16. The van der Waals surface area contributed by atoms with E-state index < -0.39 is 53.8 Å². The topological polar surface area (TPSA) is 175 Å². The van der Waals surface area contributed by atoms with Crippen molar-refractivity contribution < 1.29 is 62.0 Å². The fraction of sp³-hybridized carbons (Fsp3) is 0.844. The molecule has 0 fully saturated rings. The van der Waals surface area contributed by atoms with Crippen molar-refractivity contribution in [1.82, 2.24) is 0 Å². The number of hydrogen-bond acceptors (Lipinski definition) is 13. The lowest BCUT2D eigenvalue weighted by Gasteiger charge is -2.18. The van der Waals surface area contributed by atoms with Crippen LogP contribution in [0.2, 0.25) is 0 Å². The second-order valence-corrected chi connectivity index (χ2v) is 15.2. The molecule has 13 heteroatoms. The second kappa shape index (κ2) is 39.0. The van der Waals surface area contributed by atoms with Gasteiger partial charge in [-0.25, -0.2) is 0 Å². The van der Waals surface area contributed by atoms with Gasteiger partial charge in [-0.2, -0.15) is 0 Å². The molecular formula is C45H78O13. The predicted molar refractivity (Wildman–Crippen MR) is 221 cm³/mol. The van der Waals surface area contributed by atoms with E-state index >= 15 is 0 Å². The number of esters is 6. The smallest absolute Gasteiger partial charge is 0.306 e. The van der Waals surface area contributed by atoms with Crippen molar-refractivity contribution >= 4 is 41.6 Å². The summed E-state index contributed by atoms with van der Waals surface area (Å²) in [5.41, 5.74) is 0. The number of ketones is 1. The first-order valence-electron chi connectivity index (χ1n) is 22.6. The van der Waals surface area contributed by atoms with Crippen LogP contribution in [0.4, 0.5) is 0 Å². The molecule has 0 saturated carbocycles. The largest absolute Gasteiger partial charge is 0.462 e. The minimum Gasteiger partial charge on any atom is -0.462 e. The van der Waals surface area contributed by atoms with Gasteiger partial charge in [-0.15, -0.1) is 0 Å². The Labute approximate surface area is 349 Å². The molecular weight excluding hydrogens is 748 g/mol. The Morgan fingerprint density at radius 3 is 0.776 bits per heavy atom. The van der Waals surface area contributed by atoms with E-state index in [-0.39, 0.29) is 77.8 Å². The Morgan fingerprint density at radius 2 is 0.534 bits per heavy atom. The molecule has 0 saturated heterocycles. The summed E-state index contributed by atoms with van der Waals surface area (Å²) in [4.78, 5) is 87.3. The average Bonchev–Trinajstić information content (AvgIpc) is 3.20. The van der Waals surface area contributed by atoms with Crippen LogP contribution in [0.1, 0.15) is 207 Å². The zero-order valence-electron chi connectivity index (χ0n) is 36.6. The maximum Gasteiger partial charge on any atom is 0.306 e. The van der Waals surface area contributed by atoms with Gasteiger partial charge in [0.25, 0.3) is 0 Å². The van der Waals surface area contributed by atoms with E-state index in [0.717, 1.165) is 103 Å². The van der Waals surface area contributed by atoms with Crippen LogP contribution in [0.3, 0.4) is 0 Å². The molecule has 0 aromatic rings. The molecule has 0 aliphatic rings. The van der Waals surface area contributed by atoms with Crippen LogP contribution in [0.25, 0.3) is 0 Å². The highest BCUT2D eigenvalue weighted by atomic mass is 16.6. The zero-order chi connectivity index (χ0) is 43.1. The van der Waals surface area contributed by atoms with Gasteiger partial charge in [0.2, 0.25) is 0 Å². The third-order valence-corrected chi connectivity index (χ3v) is 9.47. The van der Waals surface area contributed by atoms with Gasteiger partial charge >= 0.3 is 35.8 Å². The van der Waals surface area contributed by atoms with Crippen LogP contribution < -0.4 is 0 Å². The first kappa shape index (κ1) is 54.5. The van der Waals surface area contributed by atoms with Crippen molar-refractivity contribution in [1.29, 1.82) is 0 Å². The highest BCUT2D eigenvalue weighted by Gasteiger charge is 2.22. The Morgan fingerprint density at radius 1 is 0.293 bits per heavy atom. The van der Waals surface area contributed by atoms with Gasteiger partial charge in [-0.3, -0.25) is 33.6 Å². The molecule has 0 bridgehead atoms. The highest BCUT2D eigenvalue weighted by Crippen LogP contribution is 2.12. The molecule has 0 aromatic carbocycles. The molecule has 13 nitrogen and oxygen atoms in total. The van der Waals surface area contributed by atoms with Gasteiger partial charge < -0.3 is 28.4 Å². The number of Topliss-reactive ketones (excluding diaryl/α,β-unsaturated/α-hetero) is 1. The second-order valence-electron chi connectivity index (χ2n) is 15.2. The van der Waals surface area contributed by atoms with Crippen molar-refractivity contribution in [2.75, 3.05) is 26.4 Å². The Hall–Kier alpha value is -3.51. The summed E-state index contributed by atoms with van der Waals surface area (Å²) >= 11 is 0. The molecule has 0 N–H and O–H groups in total. The van der Waals surface area contributed by atoms with Gasteiger partial charge in [0, 0.05) is 38.5 Å². The van der Waals surface area contributed by atoms with E-state index in [1.165, 1.54) is 0 Å². The quantitative estimate of drug-likeness (QED) is 0.0325. The summed E-state index contributed by atoms with van der Waals surface area (Å²) in [6.07, 6.45) is 17.1. The fourth-order valence-electron chi connectivity index (χ4n) is 5.85. The lowest BCUT2D eigenvalue weighted by molar-refractivity contribution is -0.167. The van der Waals surface area contributed by atoms with E-state index in [1.54, 1.807) is 0 Å². The Balaban J connectivity index is 5.01. The predicted octanol–water partition coefficient (Wildman–Crippen LogP) is 9.55. The molecule has 0 heterocycles.